The molecule has 0 aliphatic rings. The summed E-state index contributed by atoms with van der Waals surface area (Å²) in [4.78, 5) is 0. The zero-order chi connectivity index (χ0) is 10.1. The van der Waals surface area contributed by atoms with Gasteiger partial charge in [0.1, 0.15) is 10.7 Å². The predicted octanol–water partition coefficient (Wildman–Crippen LogP) is 4.41. The monoisotopic (exact) mass is 291 g/mol. The molecule has 2 nitrogen and oxygen atoms in total. The molecule has 5 heteroatoms. The molecule has 1 heterocycles. The summed E-state index contributed by atoms with van der Waals surface area (Å²) < 4.78 is 5.66. The first-order chi connectivity index (χ1) is 6.70. The molecule has 2 aromatic rings. The Morgan fingerprint density at radius 3 is 2.50 bits per heavy atom. The van der Waals surface area contributed by atoms with E-state index in [0.717, 1.165) is 10.0 Å². The van der Waals surface area contributed by atoms with Crippen molar-refractivity contribution in [2.24, 2.45) is 0 Å². The zero-order valence-corrected chi connectivity index (χ0v) is 9.90. The molecule has 0 saturated heterocycles. The zero-order valence-electron chi connectivity index (χ0n) is 6.80. The summed E-state index contributed by atoms with van der Waals surface area (Å²) in [6.45, 7) is 0. The van der Waals surface area contributed by atoms with Crippen LogP contribution in [0.1, 0.15) is 0 Å². The van der Waals surface area contributed by atoms with Crippen LogP contribution in [0.15, 0.2) is 33.3 Å². The second-order valence-corrected chi connectivity index (χ2v) is 4.17. The molecule has 0 fully saturated rings. The van der Waals surface area contributed by atoms with Crippen molar-refractivity contribution < 1.29 is 4.52 Å². The minimum absolute atomic E-state index is 0.109. The van der Waals surface area contributed by atoms with Crippen molar-refractivity contribution in [3.8, 4) is 11.3 Å². The third kappa shape index (κ3) is 1.67. The first kappa shape index (κ1) is 10.0. The average molecular weight is 293 g/mol. The second-order valence-electron chi connectivity index (χ2n) is 2.60. The van der Waals surface area contributed by atoms with Gasteiger partial charge in [-0.15, -0.1) is 0 Å². The summed E-state index contributed by atoms with van der Waals surface area (Å²) in [5, 5.41) is 4.22. The van der Waals surface area contributed by atoms with Gasteiger partial charge in [0, 0.05) is 10.0 Å². The quantitative estimate of drug-likeness (QED) is 0.778. The summed E-state index contributed by atoms with van der Waals surface area (Å²) in [6.07, 6.45) is 0. The van der Waals surface area contributed by atoms with Crippen molar-refractivity contribution in [3.05, 3.63) is 39.0 Å². The third-order valence-corrected chi connectivity index (χ3v) is 3.12. The number of aromatic nitrogens is 1. The van der Waals surface area contributed by atoms with Crippen molar-refractivity contribution in [3.63, 3.8) is 0 Å². The first-order valence-corrected chi connectivity index (χ1v) is 5.30. The Hall–Kier alpha value is -0.510. The van der Waals surface area contributed by atoms with E-state index in [1.54, 1.807) is 0 Å². The van der Waals surface area contributed by atoms with Crippen molar-refractivity contribution in [1.82, 2.24) is 5.16 Å². The fourth-order valence-corrected chi connectivity index (χ4v) is 1.85. The lowest BCUT2D eigenvalue weighted by molar-refractivity contribution is 0.424. The van der Waals surface area contributed by atoms with E-state index < -0.39 is 0 Å². The minimum Gasteiger partial charge on any atom is -0.342 e. The molecule has 0 saturated carbocycles. The summed E-state index contributed by atoms with van der Waals surface area (Å²) in [6, 6.07) is 7.57. The predicted molar refractivity (Wildman–Crippen MR) is 59.7 cm³/mol. The van der Waals surface area contributed by atoms with Crippen LogP contribution in [0.3, 0.4) is 0 Å². The van der Waals surface area contributed by atoms with Gasteiger partial charge in [0.15, 0.2) is 0 Å². The molecule has 0 aliphatic heterocycles. The van der Waals surface area contributed by atoms with Gasteiger partial charge in [-0.05, 0) is 17.7 Å². The highest BCUT2D eigenvalue weighted by molar-refractivity contribution is 9.10. The Morgan fingerprint density at radius 1 is 1.21 bits per heavy atom. The molecule has 0 radical (unpaired) electrons. The lowest BCUT2D eigenvalue weighted by atomic mass is 10.2. The van der Waals surface area contributed by atoms with Crippen molar-refractivity contribution >= 4 is 39.1 Å². The van der Waals surface area contributed by atoms with Gasteiger partial charge in [0.25, 0.3) is 0 Å². The number of hydrogen-bond donors (Lipinski definition) is 0. The van der Waals surface area contributed by atoms with Gasteiger partial charge in [-0.3, -0.25) is 0 Å². The van der Waals surface area contributed by atoms with E-state index in [0.29, 0.717) is 10.7 Å². The standard InChI is InChI=1S/C9H4BrCl2NO/c10-6-4-2-1-3-5(6)8-7(11)9(12)14-13-8/h1-4H. The van der Waals surface area contributed by atoms with E-state index in [1.165, 1.54) is 0 Å². The molecule has 1 aromatic carbocycles. The lowest BCUT2D eigenvalue weighted by Gasteiger charge is -1.98. The van der Waals surface area contributed by atoms with E-state index in [-0.39, 0.29) is 5.22 Å². The SMILES string of the molecule is Clc1onc(-c2ccccc2Br)c1Cl. The van der Waals surface area contributed by atoms with Crippen LogP contribution in [0.4, 0.5) is 0 Å². The van der Waals surface area contributed by atoms with Gasteiger partial charge in [-0.2, -0.15) is 0 Å². The van der Waals surface area contributed by atoms with E-state index >= 15 is 0 Å². The fraction of sp³-hybridized carbons (Fsp3) is 0. The van der Waals surface area contributed by atoms with Crippen molar-refractivity contribution in [2.45, 2.75) is 0 Å². The van der Waals surface area contributed by atoms with Crippen LogP contribution in [0.2, 0.25) is 10.2 Å². The van der Waals surface area contributed by atoms with E-state index in [1.807, 2.05) is 24.3 Å². The van der Waals surface area contributed by atoms with Crippen LogP contribution in [-0.4, -0.2) is 5.16 Å². The fourth-order valence-electron chi connectivity index (χ4n) is 1.08. The molecular weight excluding hydrogens is 289 g/mol. The third-order valence-electron chi connectivity index (χ3n) is 1.73. The molecule has 1 aromatic heterocycles. The second kappa shape index (κ2) is 3.93. The number of nitrogens with zero attached hydrogens (tertiary/aromatic N) is 1. The number of benzene rings is 1. The molecule has 14 heavy (non-hydrogen) atoms. The Balaban J connectivity index is 2.60. The topological polar surface area (TPSA) is 26.0 Å². The highest BCUT2D eigenvalue weighted by Crippen LogP contribution is 2.36. The maximum atomic E-state index is 5.91. The van der Waals surface area contributed by atoms with Crippen molar-refractivity contribution in [1.29, 1.82) is 0 Å². The Kier molecular flexibility index (Phi) is 2.81. The number of rotatable bonds is 1. The maximum absolute atomic E-state index is 5.91. The van der Waals surface area contributed by atoms with Crippen molar-refractivity contribution in [2.75, 3.05) is 0 Å². The Labute approximate surface area is 98.9 Å². The van der Waals surface area contributed by atoms with Crippen LogP contribution in [0.5, 0.6) is 0 Å². The van der Waals surface area contributed by atoms with Crippen LogP contribution in [0.25, 0.3) is 11.3 Å². The number of halogens is 3. The van der Waals surface area contributed by atoms with Gasteiger partial charge in [-0.1, -0.05) is 50.9 Å². The summed E-state index contributed by atoms with van der Waals surface area (Å²) in [5.41, 5.74) is 1.40. The molecule has 0 spiro atoms. The van der Waals surface area contributed by atoms with Crippen LogP contribution in [0, 0.1) is 0 Å². The molecule has 0 unspecified atom stereocenters. The smallest absolute Gasteiger partial charge is 0.245 e. The normalized spacial score (nSPS) is 10.5. The molecular formula is C9H4BrCl2NO. The van der Waals surface area contributed by atoms with Crippen LogP contribution in [-0.2, 0) is 0 Å². The van der Waals surface area contributed by atoms with E-state index in [9.17, 15) is 0 Å². The summed E-state index contributed by atoms with van der Waals surface area (Å²) >= 11 is 15.0. The van der Waals surface area contributed by atoms with E-state index in [2.05, 4.69) is 21.1 Å². The largest absolute Gasteiger partial charge is 0.342 e. The van der Waals surface area contributed by atoms with Crippen LogP contribution >= 0.6 is 39.1 Å². The molecule has 0 atom stereocenters. The van der Waals surface area contributed by atoms with Gasteiger partial charge in [-0.25, -0.2) is 0 Å². The van der Waals surface area contributed by atoms with E-state index in [4.69, 9.17) is 27.7 Å². The minimum atomic E-state index is 0.109. The molecule has 0 amide bonds. The first-order valence-electron chi connectivity index (χ1n) is 3.75. The molecule has 72 valence electrons. The molecule has 0 bridgehead atoms. The van der Waals surface area contributed by atoms with Gasteiger partial charge < -0.3 is 4.52 Å². The molecule has 0 aliphatic carbocycles. The highest BCUT2D eigenvalue weighted by Gasteiger charge is 2.15. The number of hydrogen-bond acceptors (Lipinski definition) is 2. The van der Waals surface area contributed by atoms with Gasteiger partial charge >= 0.3 is 0 Å². The average Bonchev–Trinajstić information content (AvgIpc) is 2.49. The maximum Gasteiger partial charge on any atom is 0.245 e. The summed E-state index contributed by atoms with van der Waals surface area (Å²) in [5.74, 6) is 0. The Morgan fingerprint density at radius 2 is 1.93 bits per heavy atom. The van der Waals surface area contributed by atoms with Gasteiger partial charge in [0.2, 0.25) is 5.22 Å². The highest BCUT2D eigenvalue weighted by atomic mass is 79.9. The van der Waals surface area contributed by atoms with Crippen LogP contribution < -0.4 is 0 Å². The molecule has 0 N–H and O–H groups in total. The lowest BCUT2D eigenvalue weighted by Crippen LogP contribution is -1.79. The summed E-state index contributed by atoms with van der Waals surface area (Å²) in [7, 11) is 0. The van der Waals surface area contributed by atoms with Gasteiger partial charge in [0.05, 0.1) is 0 Å². The molecule has 2 rings (SSSR count). The Bertz CT molecular complexity index is 470.